The van der Waals surface area contributed by atoms with Crippen molar-refractivity contribution in [2.24, 2.45) is 5.92 Å². The Morgan fingerprint density at radius 1 is 1.21 bits per heavy atom. The van der Waals surface area contributed by atoms with Crippen molar-refractivity contribution >= 4 is 50.8 Å². The smallest absolute Gasteiger partial charge is 0.276 e. The van der Waals surface area contributed by atoms with Crippen molar-refractivity contribution in [2.45, 2.75) is 44.9 Å². The van der Waals surface area contributed by atoms with Crippen LogP contribution >= 0.6 is 22.7 Å². The molecule has 0 bridgehead atoms. The van der Waals surface area contributed by atoms with Gasteiger partial charge in [-0.25, -0.2) is 9.97 Å². The van der Waals surface area contributed by atoms with Crippen LogP contribution in [0.5, 0.6) is 5.75 Å². The molecule has 2 aliphatic carbocycles. The van der Waals surface area contributed by atoms with E-state index in [1.807, 2.05) is 45.6 Å². The number of aryl methyl sites for hydroxylation is 1. The average Bonchev–Trinajstić information content (AvgIpc) is 3.20. The number of ether oxygens (including phenoxy) is 1. The monoisotopic (exact) mass is 490 g/mol. The van der Waals surface area contributed by atoms with E-state index >= 15 is 0 Å². The number of fused-ring (bicyclic) bond motifs is 1. The lowest BCUT2D eigenvalue weighted by Gasteiger charge is -2.26. The molecule has 4 aromatic rings. The molecule has 3 aromatic heterocycles. The van der Waals surface area contributed by atoms with Gasteiger partial charge in [0, 0.05) is 28.4 Å². The summed E-state index contributed by atoms with van der Waals surface area (Å²) >= 11 is 2.99. The van der Waals surface area contributed by atoms with Gasteiger partial charge in [-0.15, -0.1) is 22.7 Å². The van der Waals surface area contributed by atoms with Crippen molar-refractivity contribution in [2.75, 3.05) is 11.9 Å². The fraction of sp³-hybridized carbons (Fsp3) is 0.346. The third kappa shape index (κ3) is 4.28. The number of thiazole rings is 2. The zero-order chi connectivity index (χ0) is 23.1. The fourth-order valence-electron chi connectivity index (χ4n) is 4.24. The molecule has 6 rings (SSSR count). The zero-order valence-electron chi connectivity index (χ0n) is 19.0. The molecule has 174 valence electrons. The van der Waals surface area contributed by atoms with Gasteiger partial charge in [0.05, 0.1) is 18.0 Å². The van der Waals surface area contributed by atoms with Gasteiger partial charge in [-0.2, -0.15) is 0 Å². The number of nitrogens with one attached hydrogen (secondary N) is 1. The van der Waals surface area contributed by atoms with E-state index in [9.17, 15) is 4.79 Å². The molecule has 1 N–H and O–H groups in total. The number of carbonyl (C=O) groups is 1. The summed E-state index contributed by atoms with van der Waals surface area (Å²) in [6.07, 6.45) is 12.0. The average molecular weight is 491 g/mol. The van der Waals surface area contributed by atoms with Crippen LogP contribution in [-0.4, -0.2) is 26.9 Å². The first-order chi connectivity index (χ1) is 16.7. The van der Waals surface area contributed by atoms with Gasteiger partial charge in [-0.05, 0) is 56.2 Å². The van der Waals surface area contributed by atoms with Gasteiger partial charge in [0.25, 0.3) is 5.91 Å². The van der Waals surface area contributed by atoms with E-state index in [-0.39, 0.29) is 5.91 Å². The van der Waals surface area contributed by atoms with Gasteiger partial charge < -0.3 is 4.74 Å². The largest absolute Gasteiger partial charge is 0.492 e. The minimum atomic E-state index is -0.201. The van der Waals surface area contributed by atoms with Crippen molar-refractivity contribution in [3.8, 4) is 5.75 Å². The zero-order valence-corrected chi connectivity index (χ0v) is 20.6. The molecular formula is C26H26N4O2S2. The molecule has 0 atom stereocenters. The highest BCUT2D eigenvalue weighted by Gasteiger charge is 2.27. The van der Waals surface area contributed by atoms with Gasteiger partial charge in [0.1, 0.15) is 11.4 Å². The Hall–Kier alpha value is -2.97. The first-order valence-electron chi connectivity index (χ1n) is 11.8. The molecule has 3 heterocycles. The summed E-state index contributed by atoms with van der Waals surface area (Å²) in [6.45, 7) is 2.83. The number of hydrogen-bond donors (Lipinski definition) is 1. The van der Waals surface area contributed by atoms with E-state index in [1.54, 1.807) is 0 Å². The maximum Gasteiger partial charge on any atom is 0.276 e. The Morgan fingerprint density at radius 3 is 2.88 bits per heavy atom. The highest BCUT2D eigenvalue weighted by atomic mass is 32.1. The normalized spacial score (nSPS) is 16.3. The first-order valence-corrected chi connectivity index (χ1v) is 13.5. The second-order valence-corrected chi connectivity index (χ2v) is 10.9. The number of carbonyl (C=O) groups excluding carboxylic acids is 1. The van der Waals surface area contributed by atoms with E-state index in [1.165, 1.54) is 54.8 Å². The Bertz CT molecular complexity index is 1370. The summed E-state index contributed by atoms with van der Waals surface area (Å²) in [7, 11) is 0. The Balaban J connectivity index is 1.27. The number of imidazole rings is 1. The van der Waals surface area contributed by atoms with Crippen LogP contribution in [-0.2, 0) is 0 Å². The molecular weight excluding hydrogens is 464 g/mol. The summed E-state index contributed by atoms with van der Waals surface area (Å²) in [5.74, 6) is 1.94. The van der Waals surface area contributed by atoms with E-state index < -0.39 is 0 Å². The fourth-order valence-corrected chi connectivity index (χ4v) is 5.75. The second kappa shape index (κ2) is 9.00. The topological polar surface area (TPSA) is 68.5 Å². The van der Waals surface area contributed by atoms with Crippen LogP contribution in [0.4, 0.5) is 5.13 Å². The first kappa shape index (κ1) is 21.6. The van der Waals surface area contributed by atoms with Crippen LogP contribution in [0.25, 0.3) is 17.1 Å². The number of rotatable bonds is 8. The maximum atomic E-state index is 13.3. The molecule has 2 fully saturated rings. The summed E-state index contributed by atoms with van der Waals surface area (Å²) in [6, 6.07) is 6.15. The summed E-state index contributed by atoms with van der Waals surface area (Å²) in [5.41, 5.74) is 4.34. The molecule has 0 unspecified atom stereocenters. The lowest BCUT2D eigenvalue weighted by molar-refractivity contribution is 0.102. The lowest BCUT2D eigenvalue weighted by atomic mass is 9.86. The van der Waals surface area contributed by atoms with E-state index in [2.05, 4.69) is 23.3 Å². The minimum Gasteiger partial charge on any atom is -0.492 e. The molecule has 0 radical (unpaired) electrons. The SMILES string of the molecule is Cc1cccc(C=Cc2nc3sccn3c2C(=O)Nc2nc(C3CC3)cs2)c1OCC1CCC1. The molecule has 1 amide bonds. The van der Waals surface area contributed by atoms with E-state index in [0.29, 0.717) is 28.4 Å². The van der Waals surface area contributed by atoms with Gasteiger partial charge in [-0.3, -0.25) is 14.5 Å². The number of benzene rings is 1. The van der Waals surface area contributed by atoms with Crippen LogP contribution < -0.4 is 10.1 Å². The van der Waals surface area contributed by atoms with Crippen LogP contribution in [0.2, 0.25) is 0 Å². The van der Waals surface area contributed by atoms with E-state index in [4.69, 9.17) is 9.72 Å². The maximum absolute atomic E-state index is 13.3. The van der Waals surface area contributed by atoms with Crippen LogP contribution in [0.3, 0.4) is 0 Å². The van der Waals surface area contributed by atoms with Gasteiger partial charge in [0.15, 0.2) is 10.1 Å². The van der Waals surface area contributed by atoms with Crippen molar-refractivity contribution in [3.63, 3.8) is 0 Å². The van der Waals surface area contributed by atoms with Crippen molar-refractivity contribution in [3.05, 3.63) is 63.4 Å². The minimum absolute atomic E-state index is 0.201. The van der Waals surface area contributed by atoms with Crippen molar-refractivity contribution in [1.29, 1.82) is 0 Å². The number of nitrogens with zero attached hydrogens (tertiary/aromatic N) is 3. The highest BCUT2D eigenvalue weighted by Crippen LogP contribution is 2.41. The Kier molecular flexibility index (Phi) is 5.71. The molecule has 2 aliphatic rings. The lowest BCUT2D eigenvalue weighted by Crippen LogP contribution is -2.19. The summed E-state index contributed by atoms with van der Waals surface area (Å²) < 4.78 is 8.07. The predicted octanol–water partition coefficient (Wildman–Crippen LogP) is 6.64. The van der Waals surface area contributed by atoms with Crippen molar-refractivity contribution < 1.29 is 9.53 Å². The van der Waals surface area contributed by atoms with Gasteiger partial charge >= 0.3 is 0 Å². The number of para-hydroxylation sites is 1. The standard InChI is InChI=1S/C26H26N4O2S2/c1-16-4-2-7-19(23(16)32-14-17-5-3-6-17)10-11-20-22(30-12-13-33-26(30)28-20)24(31)29-25-27-21(15-34-25)18-8-9-18/h2,4,7,10-13,15,17-18H,3,5-6,8-9,14H2,1H3,(H,27,29,31). The highest BCUT2D eigenvalue weighted by molar-refractivity contribution is 7.15. The van der Waals surface area contributed by atoms with E-state index in [0.717, 1.165) is 34.1 Å². The molecule has 8 heteroatoms. The second-order valence-electron chi connectivity index (χ2n) is 9.14. The molecule has 0 saturated heterocycles. The van der Waals surface area contributed by atoms with Gasteiger partial charge in [0.2, 0.25) is 0 Å². The third-order valence-corrected chi connectivity index (χ3v) is 8.13. The van der Waals surface area contributed by atoms with Crippen LogP contribution in [0.15, 0.2) is 35.2 Å². The Morgan fingerprint density at radius 2 is 2.09 bits per heavy atom. The van der Waals surface area contributed by atoms with Crippen LogP contribution in [0, 0.1) is 12.8 Å². The number of aromatic nitrogens is 3. The Labute approximate surface area is 206 Å². The summed E-state index contributed by atoms with van der Waals surface area (Å²) in [5, 5.41) is 7.61. The third-order valence-electron chi connectivity index (χ3n) is 6.59. The van der Waals surface area contributed by atoms with Crippen LogP contribution in [0.1, 0.15) is 71.0 Å². The van der Waals surface area contributed by atoms with Gasteiger partial charge in [-0.1, -0.05) is 24.6 Å². The molecule has 0 spiro atoms. The number of amides is 1. The predicted molar refractivity (Wildman–Crippen MR) is 138 cm³/mol. The molecule has 1 aromatic carbocycles. The summed E-state index contributed by atoms with van der Waals surface area (Å²) in [4.78, 5) is 23.4. The van der Waals surface area contributed by atoms with Crippen molar-refractivity contribution in [1.82, 2.24) is 14.4 Å². The molecule has 2 saturated carbocycles. The molecule has 34 heavy (non-hydrogen) atoms. The quantitative estimate of drug-likeness (QED) is 0.301. The number of anilines is 1. The molecule has 0 aliphatic heterocycles. The molecule has 6 nitrogen and oxygen atoms in total. The number of hydrogen-bond acceptors (Lipinski definition) is 6.